The zero-order valence-corrected chi connectivity index (χ0v) is 16.0. The molecule has 0 aliphatic rings. The normalized spacial score (nSPS) is 11.0. The first-order valence-corrected chi connectivity index (χ1v) is 9.31. The maximum absolute atomic E-state index is 12.5. The topological polar surface area (TPSA) is 106 Å². The number of benzene rings is 1. The highest BCUT2D eigenvalue weighted by molar-refractivity contribution is 7.14. The van der Waals surface area contributed by atoms with Crippen molar-refractivity contribution in [1.29, 1.82) is 0 Å². The van der Waals surface area contributed by atoms with Gasteiger partial charge in [-0.3, -0.25) is 14.9 Å². The smallest absolute Gasteiger partial charge is 0.405 e. The standard InChI is InChI=1S/C18H14F3N5O3S/c19-18(20,21)29-13-5-2-1-4-11(13)9-24-14(27)8-12-10-30-17(25-12)26-16(28)15-22-6-3-7-23-15/h1-7,10H,8-9H2,(H,24,27)(H,25,26,28). The van der Waals surface area contributed by atoms with E-state index in [1.54, 1.807) is 11.4 Å². The van der Waals surface area contributed by atoms with Crippen LogP contribution in [0, 0.1) is 0 Å². The molecule has 0 fully saturated rings. The van der Waals surface area contributed by atoms with Gasteiger partial charge in [-0.15, -0.1) is 24.5 Å². The Balaban J connectivity index is 1.53. The fourth-order valence-corrected chi connectivity index (χ4v) is 3.02. The Morgan fingerprint density at radius 3 is 2.57 bits per heavy atom. The van der Waals surface area contributed by atoms with E-state index < -0.39 is 18.2 Å². The van der Waals surface area contributed by atoms with E-state index in [2.05, 4.69) is 30.3 Å². The Labute approximate surface area is 172 Å². The van der Waals surface area contributed by atoms with Gasteiger partial charge in [-0.25, -0.2) is 15.0 Å². The van der Waals surface area contributed by atoms with Gasteiger partial charge in [0.25, 0.3) is 5.91 Å². The van der Waals surface area contributed by atoms with Gasteiger partial charge < -0.3 is 10.1 Å². The summed E-state index contributed by atoms with van der Waals surface area (Å²) in [5.41, 5.74) is 0.568. The first-order chi connectivity index (χ1) is 14.3. The highest BCUT2D eigenvalue weighted by atomic mass is 32.1. The van der Waals surface area contributed by atoms with Crippen LogP contribution in [-0.2, 0) is 17.8 Å². The third-order valence-corrected chi connectivity index (χ3v) is 4.36. The van der Waals surface area contributed by atoms with Crippen molar-refractivity contribution < 1.29 is 27.5 Å². The number of alkyl halides is 3. The van der Waals surface area contributed by atoms with Crippen molar-refractivity contribution >= 4 is 28.3 Å². The van der Waals surface area contributed by atoms with Crippen molar-refractivity contribution in [3.63, 3.8) is 0 Å². The maximum Gasteiger partial charge on any atom is 0.573 e. The second-order valence-corrected chi connectivity index (χ2v) is 6.64. The fourth-order valence-electron chi connectivity index (χ4n) is 2.31. The van der Waals surface area contributed by atoms with Gasteiger partial charge in [-0.1, -0.05) is 18.2 Å². The summed E-state index contributed by atoms with van der Waals surface area (Å²) in [4.78, 5) is 35.9. The molecule has 3 rings (SSSR count). The van der Waals surface area contributed by atoms with E-state index in [0.29, 0.717) is 5.69 Å². The lowest BCUT2D eigenvalue weighted by Crippen LogP contribution is -2.26. The quantitative estimate of drug-likeness (QED) is 0.589. The number of anilines is 1. The minimum Gasteiger partial charge on any atom is -0.405 e. The highest BCUT2D eigenvalue weighted by Crippen LogP contribution is 2.26. The van der Waals surface area contributed by atoms with Crippen molar-refractivity contribution in [3.05, 3.63) is 65.2 Å². The monoisotopic (exact) mass is 437 g/mol. The van der Waals surface area contributed by atoms with Crippen LogP contribution >= 0.6 is 11.3 Å². The van der Waals surface area contributed by atoms with E-state index in [1.165, 1.54) is 36.7 Å². The molecule has 2 amide bonds. The number of carbonyl (C=O) groups is 2. The van der Waals surface area contributed by atoms with Crippen molar-refractivity contribution in [2.24, 2.45) is 0 Å². The number of ether oxygens (including phenoxy) is 1. The molecule has 30 heavy (non-hydrogen) atoms. The lowest BCUT2D eigenvalue weighted by molar-refractivity contribution is -0.274. The second kappa shape index (κ2) is 9.31. The number of amides is 2. The maximum atomic E-state index is 12.5. The predicted octanol–water partition coefficient (Wildman–Crippen LogP) is 2.94. The van der Waals surface area contributed by atoms with Crippen molar-refractivity contribution in [2.75, 3.05) is 5.32 Å². The molecule has 0 aliphatic carbocycles. The molecule has 0 atom stereocenters. The average molecular weight is 437 g/mol. The lowest BCUT2D eigenvalue weighted by atomic mass is 10.2. The first kappa shape index (κ1) is 21.2. The van der Waals surface area contributed by atoms with Gasteiger partial charge in [0.1, 0.15) is 5.75 Å². The summed E-state index contributed by atoms with van der Waals surface area (Å²) in [6.07, 6.45) is -2.09. The van der Waals surface area contributed by atoms with Gasteiger partial charge in [0, 0.05) is 29.9 Å². The number of thiazole rings is 1. The molecule has 0 unspecified atom stereocenters. The van der Waals surface area contributed by atoms with Crippen LogP contribution in [0.5, 0.6) is 5.75 Å². The van der Waals surface area contributed by atoms with Gasteiger partial charge in [0.15, 0.2) is 5.13 Å². The van der Waals surface area contributed by atoms with E-state index in [4.69, 9.17) is 0 Å². The van der Waals surface area contributed by atoms with Gasteiger partial charge in [-0.05, 0) is 12.1 Å². The fraction of sp³-hybridized carbons (Fsp3) is 0.167. The number of carbonyl (C=O) groups excluding carboxylic acids is 2. The van der Waals surface area contributed by atoms with Gasteiger partial charge >= 0.3 is 6.36 Å². The molecule has 2 aromatic heterocycles. The summed E-state index contributed by atoms with van der Waals surface area (Å²) in [5, 5.41) is 6.90. The zero-order chi connectivity index (χ0) is 21.6. The molecule has 2 heterocycles. The number of hydrogen-bond acceptors (Lipinski definition) is 7. The van der Waals surface area contributed by atoms with Crippen molar-refractivity contribution in [2.45, 2.75) is 19.3 Å². The minimum atomic E-state index is -4.83. The Bertz CT molecular complexity index is 1030. The van der Waals surface area contributed by atoms with Gasteiger partial charge in [0.05, 0.1) is 12.1 Å². The molecule has 0 radical (unpaired) electrons. The summed E-state index contributed by atoms with van der Waals surface area (Å²) < 4.78 is 41.3. The van der Waals surface area contributed by atoms with Crippen LogP contribution in [0.3, 0.4) is 0 Å². The Hall–Kier alpha value is -3.54. The van der Waals surface area contributed by atoms with E-state index in [1.807, 2.05) is 0 Å². The van der Waals surface area contributed by atoms with E-state index in [-0.39, 0.29) is 35.2 Å². The van der Waals surface area contributed by atoms with Crippen LogP contribution in [-0.4, -0.2) is 33.1 Å². The van der Waals surface area contributed by atoms with Crippen LogP contribution in [0.4, 0.5) is 18.3 Å². The van der Waals surface area contributed by atoms with E-state index in [0.717, 1.165) is 11.3 Å². The second-order valence-electron chi connectivity index (χ2n) is 5.78. The molecule has 0 spiro atoms. The molecule has 12 heteroatoms. The SMILES string of the molecule is O=C(Cc1csc(NC(=O)c2ncccn2)n1)NCc1ccccc1OC(F)(F)F. The first-order valence-electron chi connectivity index (χ1n) is 8.43. The van der Waals surface area contributed by atoms with Crippen LogP contribution < -0.4 is 15.4 Å². The van der Waals surface area contributed by atoms with E-state index in [9.17, 15) is 22.8 Å². The Kier molecular flexibility index (Phi) is 6.57. The van der Waals surface area contributed by atoms with Crippen molar-refractivity contribution in [3.8, 4) is 5.75 Å². The summed E-state index contributed by atoms with van der Waals surface area (Å²) in [6.45, 7) is -0.149. The zero-order valence-electron chi connectivity index (χ0n) is 15.1. The minimum absolute atomic E-state index is 0.0215. The number of para-hydroxylation sites is 1. The van der Waals surface area contributed by atoms with E-state index >= 15 is 0 Å². The highest BCUT2D eigenvalue weighted by Gasteiger charge is 2.32. The number of halogens is 3. The Morgan fingerprint density at radius 2 is 1.83 bits per heavy atom. The molecule has 3 aromatic rings. The third kappa shape index (κ3) is 6.24. The molecule has 1 aromatic carbocycles. The predicted molar refractivity (Wildman–Crippen MR) is 101 cm³/mol. The largest absolute Gasteiger partial charge is 0.573 e. The molecule has 0 aliphatic heterocycles. The molecule has 8 nitrogen and oxygen atoms in total. The number of nitrogens with one attached hydrogen (secondary N) is 2. The molecular formula is C18H14F3N5O3S. The number of hydrogen-bond donors (Lipinski definition) is 2. The summed E-state index contributed by atoms with van der Waals surface area (Å²) in [5.74, 6) is -1.40. The summed E-state index contributed by atoms with van der Waals surface area (Å²) in [7, 11) is 0. The Morgan fingerprint density at radius 1 is 1.10 bits per heavy atom. The summed E-state index contributed by atoms with van der Waals surface area (Å²) in [6, 6.07) is 7.10. The van der Waals surface area contributed by atoms with Gasteiger partial charge in [0.2, 0.25) is 11.7 Å². The lowest BCUT2D eigenvalue weighted by Gasteiger charge is -2.13. The molecule has 156 valence electrons. The van der Waals surface area contributed by atoms with Gasteiger partial charge in [-0.2, -0.15) is 0 Å². The number of aromatic nitrogens is 3. The molecular weight excluding hydrogens is 423 g/mol. The van der Waals surface area contributed by atoms with Crippen LogP contribution in [0.1, 0.15) is 21.9 Å². The molecule has 2 N–H and O–H groups in total. The molecule has 0 saturated heterocycles. The molecule has 0 bridgehead atoms. The number of nitrogens with zero attached hydrogens (tertiary/aromatic N) is 3. The van der Waals surface area contributed by atoms with Crippen LogP contribution in [0.25, 0.3) is 0 Å². The average Bonchev–Trinajstić information content (AvgIpc) is 3.13. The van der Waals surface area contributed by atoms with Crippen molar-refractivity contribution in [1.82, 2.24) is 20.3 Å². The summed E-state index contributed by atoms with van der Waals surface area (Å²) >= 11 is 1.11. The number of rotatable bonds is 7. The van der Waals surface area contributed by atoms with Crippen LogP contribution in [0.15, 0.2) is 48.1 Å². The van der Waals surface area contributed by atoms with Crippen LogP contribution in [0.2, 0.25) is 0 Å². The molecule has 0 saturated carbocycles. The third-order valence-electron chi connectivity index (χ3n) is 3.56.